The second-order valence-corrected chi connectivity index (χ2v) is 8.82. The van der Waals surface area contributed by atoms with E-state index in [0.717, 1.165) is 25.7 Å². The molecule has 1 saturated heterocycles. The molecule has 112 valence electrons. The molecule has 19 heavy (non-hydrogen) atoms. The van der Waals surface area contributed by atoms with Gasteiger partial charge in [0.25, 0.3) is 0 Å². The highest BCUT2D eigenvalue weighted by Crippen LogP contribution is 2.34. The Morgan fingerprint density at radius 2 is 1.84 bits per heavy atom. The molecule has 0 spiro atoms. The van der Waals surface area contributed by atoms with Gasteiger partial charge in [-0.15, -0.1) is 11.6 Å². The summed E-state index contributed by atoms with van der Waals surface area (Å²) in [6.07, 6.45) is 10.8. The van der Waals surface area contributed by atoms with E-state index in [0.29, 0.717) is 30.3 Å². The van der Waals surface area contributed by atoms with Crippen molar-refractivity contribution < 1.29 is 8.42 Å². The summed E-state index contributed by atoms with van der Waals surface area (Å²) in [5, 5.41) is 0.302. The predicted molar refractivity (Wildman–Crippen MR) is 80.0 cm³/mol. The molecule has 2 aliphatic rings. The first-order chi connectivity index (χ1) is 8.97. The van der Waals surface area contributed by atoms with Gasteiger partial charge in [0.2, 0.25) is 10.0 Å². The molecule has 0 N–H and O–H groups in total. The molecular weight excluding hydrogens is 282 g/mol. The standard InChI is InChI=1S/C14H26ClNO2S/c1-19(17,18)16-9-5-6-12(11-16)10-13-7-3-2-4-8-14(13)15/h12-14H,2-11H2,1H3. The van der Waals surface area contributed by atoms with Gasteiger partial charge in [0, 0.05) is 18.5 Å². The number of hydrogen-bond acceptors (Lipinski definition) is 2. The maximum absolute atomic E-state index is 11.6. The van der Waals surface area contributed by atoms with Crippen molar-refractivity contribution in [3.8, 4) is 0 Å². The number of alkyl halides is 1. The zero-order valence-corrected chi connectivity index (χ0v) is 13.4. The van der Waals surface area contributed by atoms with Crippen LogP contribution in [0.15, 0.2) is 0 Å². The lowest BCUT2D eigenvalue weighted by Crippen LogP contribution is -2.40. The van der Waals surface area contributed by atoms with E-state index >= 15 is 0 Å². The fraction of sp³-hybridized carbons (Fsp3) is 1.00. The zero-order valence-electron chi connectivity index (χ0n) is 11.9. The first kappa shape index (κ1) is 15.6. The Bertz CT molecular complexity index is 385. The van der Waals surface area contributed by atoms with Crippen LogP contribution in [-0.4, -0.2) is 37.4 Å². The zero-order chi connectivity index (χ0) is 13.9. The lowest BCUT2D eigenvalue weighted by Gasteiger charge is -2.33. The minimum atomic E-state index is -3.02. The van der Waals surface area contributed by atoms with Gasteiger partial charge in [0.05, 0.1) is 6.26 Å². The average Bonchev–Trinajstić information content (AvgIpc) is 2.54. The van der Waals surface area contributed by atoms with Gasteiger partial charge >= 0.3 is 0 Å². The summed E-state index contributed by atoms with van der Waals surface area (Å²) in [6, 6.07) is 0. The van der Waals surface area contributed by atoms with Gasteiger partial charge in [0.1, 0.15) is 0 Å². The second kappa shape index (κ2) is 6.77. The largest absolute Gasteiger partial charge is 0.213 e. The lowest BCUT2D eigenvalue weighted by atomic mass is 9.85. The molecule has 0 aromatic heterocycles. The van der Waals surface area contributed by atoms with E-state index in [2.05, 4.69) is 0 Å². The molecule has 3 atom stereocenters. The van der Waals surface area contributed by atoms with Gasteiger partial charge in [-0.05, 0) is 43.9 Å². The van der Waals surface area contributed by atoms with E-state index < -0.39 is 10.0 Å². The molecule has 1 saturated carbocycles. The van der Waals surface area contributed by atoms with Crippen molar-refractivity contribution in [2.24, 2.45) is 11.8 Å². The monoisotopic (exact) mass is 307 g/mol. The quantitative estimate of drug-likeness (QED) is 0.593. The van der Waals surface area contributed by atoms with Gasteiger partial charge in [-0.1, -0.05) is 19.3 Å². The molecule has 2 rings (SSSR count). The molecule has 0 radical (unpaired) electrons. The third kappa shape index (κ3) is 4.61. The van der Waals surface area contributed by atoms with Crippen molar-refractivity contribution in [3.63, 3.8) is 0 Å². The second-order valence-electron chi connectivity index (χ2n) is 6.28. The van der Waals surface area contributed by atoms with Crippen LogP contribution in [0.25, 0.3) is 0 Å². The molecule has 2 fully saturated rings. The van der Waals surface area contributed by atoms with Crippen molar-refractivity contribution in [1.29, 1.82) is 0 Å². The van der Waals surface area contributed by atoms with Crippen LogP contribution in [0.4, 0.5) is 0 Å². The van der Waals surface area contributed by atoms with E-state index in [9.17, 15) is 8.42 Å². The molecule has 0 aromatic carbocycles. The van der Waals surface area contributed by atoms with E-state index in [1.807, 2.05) is 0 Å². The minimum absolute atomic E-state index is 0.302. The average molecular weight is 308 g/mol. The molecular formula is C14H26ClNO2S. The molecule has 0 amide bonds. The minimum Gasteiger partial charge on any atom is -0.213 e. The van der Waals surface area contributed by atoms with Crippen LogP contribution in [0.5, 0.6) is 0 Å². The molecule has 1 heterocycles. The van der Waals surface area contributed by atoms with Crippen LogP contribution in [0, 0.1) is 11.8 Å². The third-order valence-electron chi connectivity index (χ3n) is 4.65. The molecule has 0 bridgehead atoms. The highest BCUT2D eigenvalue weighted by atomic mass is 35.5. The van der Waals surface area contributed by atoms with Crippen molar-refractivity contribution in [2.75, 3.05) is 19.3 Å². The summed E-state index contributed by atoms with van der Waals surface area (Å²) in [6.45, 7) is 1.41. The third-order valence-corrected chi connectivity index (χ3v) is 6.50. The first-order valence-corrected chi connectivity index (χ1v) is 9.84. The molecule has 3 unspecified atom stereocenters. The molecule has 1 aliphatic carbocycles. The summed E-state index contributed by atoms with van der Waals surface area (Å²) in [4.78, 5) is 0. The summed E-state index contributed by atoms with van der Waals surface area (Å²) < 4.78 is 24.9. The predicted octanol–water partition coefficient (Wildman–Crippen LogP) is 3.24. The molecule has 3 nitrogen and oxygen atoms in total. The number of nitrogens with zero attached hydrogens (tertiary/aromatic N) is 1. The Balaban J connectivity index is 1.91. The Morgan fingerprint density at radius 3 is 2.58 bits per heavy atom. The topological polar surface area (TPSA) is 37.4 Å². The van der Waals surface area contributed by atoms with E-state index in [1.54, 1.807) is 4.31 Å². The summed E-state index contributed by atoms with van der Waals surface area (Å²) >= 11 is 6.50. The Morgan fingerprint density at radius 1 is 1.11 bits per heavy atom. The van der Waals surface area contributed by atoms with Gasteiger partial charge < -0.3 is 0 Å². The van der Waals surface area contributed by atoms with E-state index in [-0.39, 0.29) is 0 Å². The fourth-order valence-electron chi connectivity index (χ4n) is 3.55. The smallest absolute Gasteiger partial charge is 0.211 e. The fourth-order valence-corrected chi connectivity index (χ4v) is 4.88. The summed E-state index contributed by atoms with van der Waals surface area (Å²) in [5.74, 6) is 1.10. The summed E-state index contributed by atoms with van der Waals surface area (Å²) in [7, 11) is -3.02. The van der Waals surface area contributed by atoms with Crippen LogP contribution in [-0.2, 0) is 10.0 Å². The van der Waals surface area contributed by atoms with Gasteiger partial charge in [-0.2, -0.15) is 0 Å². The van der Waals surface area contributed by atoms with Crippen LogP contribution in [0.3, 0.4) is 0 Å². The molecule has 5 heteroatoms. The van der Waals surface area contributed by atoms with Crippen molar-refractivity contribution in [3.05, 3.63) is 0 Å². The Hall–Kier alpha value is 0.200. The highest BCUT2D eigenvalue weighted by molar-refractivity contribution is 7.88. The number of sulfonamides is 1. The SMILES string of the molecule is CS(=O)(=O)N1CCCC(CC2CCCCCC2Cl)C1. The van der Waals surface area contributed by atoms with Crippen LogP contribution in [0.2, 0.25) is 0 Å². The Labute approximate surface area is 122 Å². The number of rotatable bonds is 3. The van der Waals surface area contributed by atoms with Crippen molar-refractivity contribution >= 4 is 21.6 Å². The number of hydrogen-bond donors (Lipinski definition) is 0. The van der Waals surface area contributed by atoms with Gasteiger partial charge in [-0.25, -0.2) is 12.7 Å². The molecule has 1 aliphatic heterocycles. The number of piperidine rings is 1. The van der Waals surface area contributed by atoms with Crippen LogP contribution < -0.4 is 0 Å². The first-order valence-electron chi connectivity index (χ1n) is 7.56. The summed E-state index contributed by atoms with van der Waals surface area (Å²) in [5.41, 5.74) is 0. The van der Waals surface area contributed by atoms with E-state index in [4.69, 9.17) is 11.6 Å². The number of halogens is 1. The van der Waals surface area contributed by atoms with Crippen molar-refractivity contribution in [2.45, 2.75) is 56.7 Å². The maximum atomic E-state index is 11.6. The lowest BCUT2D eigenvalue weighted by molar-refractivity contribution is 0.224. The van der Waals surface area contributed by atoms with Gasteiger partial charge in [-0.3, -0.25) is 0 Å². The van der Waals surface area contributed by atoms with Crippen LogP contribution >= 0.6 is 11.6 Å². The molecule has 0 aromatic rings. The maximum Gasteiger partial charge on any atom is 0.211 e. The normalized spacial score (nSPS) is 34.9. The van der Waals surface area contributed by atoms with E-state index in [1.165, 1.54) is 31.9 Å². The Kier molecular flexibility index (Phi) is 5.55. The van der Waals surface area contributed by atoms with Crippen LogP contribution in [0.1, 0.15) is 51.4 Å². The van der Waals surface area contributed by atoms with Gasteiger partial charge in [0.15, 0.2) is 0 Å². The highest BCUT2D eigenvalue weighted by Gasteiger charge is 2.30. The van der Waals surface area contributed by atoms with Crippen molar-refractivity contribution in [1.82, 2.24) is 4.31 Å².